The Morgan fingerprint density at radius 1 is 1.21 bits per heavy atom. The molecule has 2 aliphatic carbocycles. The highest BCUT2D eigenvalue weighted by Gasteiger charge is 2.59. The van der Waals surface area contributed by atoms with E-state index in [4.69, 9.17) is 18.6 Å². The van der Waals surface area contributed by atoms with E-state index in [1.807, 2.05) is 0 Å². The predicted octanol–water partition coefficient (Wildman–Crippen LogP) is 7.09. The fourth-order valence-electron chi connectivity index (χ4n) is 5.85. The molecule has 2 aliphatic rings. The van der Waals surface area contributed by atoms with Gasteiger partial charge in [-0.15, -0.1) is 6.58 Å². The third-order valence-corrected chi connectivity index (χ3v) is 14.2. The molecule has 38 heavy (non-hydrogen) atoms. The number of benzene rings is 1. The van der Waals surface area contributed by atoms with Gasteiger partial charge in [-0.3, -0.25) is 9.59 Å². The van der Waals surface area contributed by atoms with Crippen molar-refractivity contribution in [3.05, 3.63) is 53.0 Å². The van der Waals surface area contributed by atoms with Crippen LogP contribution in [0.2, 0.25) is 18.1 Å². The molecule has 1 aromatic rings. The van der Waals surface area contributed by atoms with E-state index in [0.717, 1.165) is 6.42 Å². The topological polar surface area (TPSA) is 71.1 Å². The van der Waals surface area contributed by atoms with Gasteiger partial charge in [0.15, 0.2) is 14.1 Å². The average molecular weight is 608 g/mol. The highest BCUT2D eigenvalue weighted by Crippen LogP contribution is 2.56. The minimum Gasteiger partial charge on any atom is -0.497 e. The lowest BCUT2D eigenvalue weighted by Crippen LogP contribution is -2.54. The number of halogens is 1. The lowest BCUT2D eigenvalue weighted by molar-refractivity contribution is -0.145. The molecule has 0 spiro atoms. The van der Waals surface area contributed by atoms with Gasteiger partial charge in [-0.1, -0.05) is 39.5 Å². The predicted molar refractivity (Wildman–Crippen MR) is 156 cm³/mol. The number of ether oxygens (including phenoxy) is 3. The van der Waals surface area contributed by atoms with Crippen LogP contribution in [0.4, 0.5) is 0 Å². The van der Waals surface area contributed by atoms with E-state index in [2.05, 4.69) is 63.0 Å². The third kappa shape index (κ3) is 5.47. The number of rotatable bonds is 9. The Balaban J connectivity index is 2.20. The summed E-state index contributed by atoms with van der Waals surface area (Å²) in [6.07, 6.45) is 4.89. The second-order valence-electron chi connectivity index (χ2n) is 12.0. The average Bonchev–Trinajstić information content (AvgIpc) is 2.98. The molecule has 0 unspecified atom stereocenters. The van der Waals surface area contributed by atoms with Gasteiger partial charge < -0.3 is 18.6 Å². The van der Waals surface area contributed by atoms with E-state index in [-0.39, 0.29) is 41.3 Å². The zero-order valence-electron chi connectivity index (χ0n) is 23.9. The van der Waals surface area contributed by atoms with Gasteiger partial charge in [0.1, 0.15) is 12.4 Å². The number of carbonyl (C=O) groups excluding carboxylic acids is 2. The molecule has 1 fully saturated rings. The number of Topliss-reactive ketones (excluding diaryl/α,β-unsaturated/α-hetero) is 1. The van der Waals surface area contributed by atoms with Crippen LogP contribution in [0.1, 0.15) is 61.9 Å². The molecule has 1 saturated carbocycles. The second-order valence-corrected chi connectivity index (χ2v) is 17.6. The number of methoxy groups -OCH3 is 2. The molecular formula is C30H43BrO6Si. The summed E-state index contributed by atoms with van der Waals surface area (Å²) in [6.45, 7) is 19.6. The minimum atomic E-state index is -2.04. The maximum absolute atomic E-state index is 14.7. The fraction of sp³-hybridized carbons (Fsp3) is 0.600. The van der Waals surface area contributed by atoms with Crippen LogP contribution in [0.5, 0.6) is 5.75 Å². The summed E-state index contributed by atoms with van der Waals surface area (Å²) in [5, 5.41) is 0.0558. The molecule has 0 saturated heterocycles. The van der Waals surface area contributed by atoms with E-state index in [1.165, 1.54) is 0 Å². The van der Waals surface area contributed by atoms with Crippen LogP contribution in [0.3, 0.4) is 0 Å². The minimum absolute atomic E-state index is 0.0437. The van der Waals surface area contributed by atoms with Crippen LogP contribution in [0.15, 0.2) is 41.9 Å². The summed E-state index contributed by atoms with van der Waals surface area (Å²) in [7, 11) is 1.17. The highest BCUT2D eigenvalue weighted by molar-refractivity contribution is 9.10. The number of carbonyl (C=O) groups is 2. The van der Waals surface area contributed by atoms with Crippen LogP contribution in [-0.2, 0) is 18.7 Å². The van der Waals surface area contributed by atoms with Gasteiger partial charge in [0.2, 0.25) is 0 Å². The number of fused-ring (bicyclic) bond motifs is 2. The van der Waals surface area contributed by atoms with Crippen molar-refractivity contribution < 1.29 is 28.2 Å². The largest absolute Gasteiger partial charge is 0.497 e. The lowest BCUT2D eigenvalue weighted by atomic mass is 9.56. The summed E-state index contributed by atoms with van der Waals surface area (Å²) in [6, 6.07) is 3.55. The van der Waals surface area contributed by atoms with Crippen molar-refractivity contribution in [3.8, 4) is 5.75 Å². The first-order chi connectivity index (χ1) is 17.8. The number of esters is 1. The maximum Gasteiger partial charge on any atom is 0.313 e. The Morgan fingerprint density at radius 3 is 2.45 bits per heavy atom. The van der Waals surface area contributed by atoms with Crippen LogP contribution < -0.4 is 4.74 Å². The van der Waals surface area contributed by atoms with Crippen LogP contribution in [-0.4, -0.2) is 53.6 Å². The van der Waals surface area contributed by atoms with Crippen molar-refractivity contribution in [2.75, 3.05) is 27.4 Å². The van der Waals surface area contributed by atoms with Gasteiger partial charge in [0.05, 0.1) is 24.5 Å². The van der Waals surface area contributed by atoms with E-state index in [0.29, 0.717) is 40.8 Å². The molecular weight excluding hydrogens is 564 g/mol. The van der Waals surface area contributed by atoms with Crippen LogP contribution in [0.25, 0.3) is 0 Å². The van der Waals surface area contributed by atoms with Crippen molar-refractivity contribution in [2.45, 2.75) is 70.2 Å². The third-order valence-electron chi connectivity index (χ3n) is 9.05. The Kier molecular flexibility index (Phi) is 9.55. The van der Waals surface area contributed by atoms with Crippen LogP contribution >= 0.6 is 15.9 Å². The van der Waals surface area contributed by atoms with E-state index < -0.39 is 19.7 Å². The van der Waals surface area contributed by atoms with Gasteiger partial charge in [-0.05, 0) is 82.9 Å². The Hall–Kier alpha value is -1.74. The number of hydrogen-bond acceptors (Lipinski definition) is 6. The summed E-state index contributed by atoms with van der Waals surface area (Å²) in [5.41, 5.74) is 0.0416. The standard InChI is InChI=1S/C30H43BrO6Si/c1-10-14-36-28(33)22-17-23-19(18-37-38(8,9)29(3,4)5)12-13-25(35-7)30(23,11-2)27(32)26-21(22)15-20(34-6)16-24(26)31/h10-11,15-16,19,22-23,25H,1-2,12-14,17-18H2,3-9H3/t19-,22-,23+,25-,30+/m0/s1. The molecule has 210 valence electrons. The summed E-state index contributed by atoms with van der Waals surface area (Å²) in [5.74, 6) is -0.779. The van der Waals surface area contributed by atoms with Crippen molar-refractivity contribution in [1.29, 1.82) is 0 Å². The van der Waals surface area contributed by atoms with Gasteiger partial charge in [-0.25, -0.2) is 0 Å². The van der Waals surface area contributed by atoms with Gasteiger partial charge in [0, 0.05) is 23.8 Å². The molecule has 0 bridgehead atoms. The van der Waals surface area contributed by atoms with E-state index in [1.54, 1.807) is 38.5 Å². The maximum atomic E-state index is 14.7. The smallest absolute Gasteiger partial charge is 0.313 e. The van der Waals surface area contributed by atoms with Gasteiger partial charge in [-0.2, -0.15) is 0 Å². The van der Waals surface area contributed by atoms with Gasteiger partial charge in [0.25, 0.3) is 0 Å². The van der Waals surface area contributed by atoms with Crippen molar-refractivity contribution >= 4 is 36.0 Å². The van der Waals surface area contributed by atoms with Gasteiger partial charge >= 0.3 is 5.97 Å². The first kappa shape index (κ1) is 30.8. The second kappa shape index (κ2) is 11.8. The Bertz CT molecular complexity index is 1080. The molecule has 8 heteroatoms. The normalized spacial score (nSPS) is 27.5. The molecule has 6 nitrogen and oxygen atoms in total. The van der Waals surface area contributed by atoms with E-state index >= 15 is 0 Å². The van der Waals surface area contributed by atoms with Crippen molar-refractivity contribution in [2.24, 2.45) is 17.3 Å². The summed E-state index contributed by atoms with van der Waals surface area (Å²) in [4.78, 5) is 28.2. The SMILES string of the molecule is C=CCOC(=O)[C@H]1C[C@@H]2[C@H](CO[Si](C)(C)C(C)(C)C)CC[C@H](OC)[C@]2(C=C)C(=O)c2c(Br)cc(OC)cc21. The first-order valence-corrected chi connectivity index (χ1v) is 17.0. The summed E-state index contributed by atoms with van der Waals surface area (Å²) >= 11 is 3.62. The number of hydrogen-bond donors (Lipinski definition) is 0. The van der Waals surface area contributed by atoms with Crippen LogP contribution in [0, 0.1) is 17.3 Å². The molecule has 1 aromatic carbocycles. The molecule has 0 radical (unpaired) electrons. The Morgan fingerprint density at radius 2 is 1.89 bits per heavy atom. The summed E-state index contributed by atoms with van der Waals surface area (Å²) < 4.78 is 24.4. The molecule has 0 aliphatic heterocycles. The first-order valence-electron chi connectivity index (χ1n) is 13.3. The molecule has 5 atom stereocenters. The molecule has 0 aromatic heterocycles. The zero-order valence-corrected chi connectivity index (χ0v) is 26.5. The highest BCUT2D eigenvalue weighted by atomic mass is 79.9. The monoisotopic (exact) mass is 606 g/mol. The lowest BCUT2D eigenvalue weighted by Gasteiger charge is -2.50. The molecule has 0 N–H and O–H groups in total. The zero-order chi connectivity index (χ0) is 28.5. The number of ketones is 1. The van der Waals surface area contributed by atoms with E-state index in [9.17, 15) is 9.59 Å². The molecule has 3 rings (SSSR count). The van der Waals surface area contributed by atoms with Crippen molar-refractivity contribution in [1.82, 2.24) is 0 Å². The quantitative estimate of drug-likeness (QED) is 0.170. The molecule has 0 amide bonds. The Labute approximate surface area is 237 Å². The van der Waals surface area contributed by atoms with Crippen molar-refractivity contribution in [3.63, 3.8) is 0 Å². The molecule has 0 heterocycles. The fourth-order valence-corrected chi connectivity index (χ4v) is 7.55.